The van der Waals surface area contributed by atoms with Crippen molar-refractivity contribution in [3.63, 3.8) is 0 Å². The standard InChI is InChI=1S/C17H18F2N2O3S/c1-3-4-5-15(22)24-10(2)16(23)21-17-20-14(9-25-17)11-6-7-12(18)13(19)8-11/h6-10H,3-5H2,1-2H3,(H,20,21,23)/t10-/m1/s1. The lowest BCUT2D eigenvalue weighted by atomic mass is 10.2. The molecule has 134 valence electrons. The van der Waals surface area contributed by atoms with Crippen molar-refractivity contribution in [3.05, 3.63) is 35.2 Å². The van der Waals surface area contributed by atoms with E-state index in [1.807, 2.05) is 6.92 Å². The Morgan fingerprint density at radius 2 is 2.08 bits per heavy atom. The average Bonchev–Trinajstić information content (AvgIpc) is 3.03. The minimum Gasteiger partial charge on any atom is -0.453 e. The van der Waals surface area contributed by atoms with E-state index in [4.69, 9.17) is 4.74 Å². The Balaban J connectivity index is 1.96. The molecule has 0 saturated carbocycles. The second-order valence-electron chi connectivity index (χ2n) is 5.39. The van der Waals surface area contributed by atoms with Gasteiger partial charge in [-0.25, -0.2) is 13.8 Å². The molecule has 1 aromatic carbocycles. The van der Waals surface area contributed by atoms with Crippen LogP contribution in [-0.2, 0) is 14.3 Å². The molecule has 5 nitrogen and oxygen atoms in total. The van der Waals surface area contributed by atoms with E-state index in [9.17, 15) is 18.4 Å². The first-order chi connectivity index (χ1) is 11.9. The number of ether oxygens (including phenoxy) is 1. The second kappa shape index (κ2) is 8.66. The van der Waals surface area contributed by atoms with Gasteiger partial charge < -0.3 is 4.74 Å². The molecule has 0 aliphatic heterocycles. The van der Waals surface area contributed by atoms with Gasteiger partial charge in [0.1, 0.15) is 0 Å². The number of anilines is 1. The highest BCUT2D eigenvalue weighted by atomic mass is 32.1. The molecule has 25 heavy (non-hydrogen) atoms. The van der Waals surface area contributed by atoms with Crippen molar-refractivity contribution in [2.24, 2.45) is 0 Å². The highest BCUT2D eigenvalue weighted by Gasteiger charge is 2.19. The number of aromatic nitrogens is 1. The highest BCUT2D eigenvalue weighted by Crippen LogP contribution is 2.26. The van der Waals surface area contributed by atoms with Crippen LogP contribution in [0.4, 0.5) is 13.9 Å². The molecule has 1 amide bonds. The zero-order valence-corrected chi connectivity index (χ0v) is 14.7. The van der Waals surface area contributed by atoms with Crippen LogP contribution in [0, 0.1) is 11.6 Å². The van der Waals surface area contributed by atoms with Gasteiger partial charge in [0.15, 0.2) is 22.9 Å². The van der Waals surface area contributed by atoms with Crippen molar-refractivity contribution < 1.29 is 23.1 Å². The average molecular weight is 368 g/mol. The first-order valence-corrected chi connectivity index (χ1v) is 8.70. The number of nitrogens with one attached hydrogen (secondary N) is 1. The maximum Gasteiger partial charge on any atom is 0.306 e. The van der Waals surface area contributed by atoms with Crippen molar-refractivity contribution in [1.82, 2.24) is 4.98 Å². The molecular formula is C17H18F2N2O3S. The molecule has 1 aromatic heterocycles. The summed E-state index contributed by atoms with van der Waals surface area (Å²) in [5.41, 5.74) is 0.807. The van der Waals surface area contributed by atoms with Gasteiger partial charge in [-0.2, -0.15) is 0 Å². The molecule has 0 radical (unpaired) electrons. The number of hydrogen-bond donors (Lipinski definition) is 1. The van der Waals surface area contributed by atoms with Crippen LogP contribution in [0.3, 0.4) is 0 Å². The summed E-state index contributed by atoms with van der Waals surface area (Å²) in [5, 5.41) is 4.43. The maximum atomic E-state index is 13.3. The van der Waals surface area contributed by atoms with E-state index in [2.05, 4.69) is 10.3 Å². The van der Waals surface area contributed by atoms with Gasteiger partial charge in [-0.1, -0.05) is 13.3 Å². The molecule has 0 spiro atoms. The molecule has 2 rings (SSSR count). The van der Waals surface area contributed by atoms with Crippen LogP contribution in [0.5, 0.6) is 0 Å². The molecule has 0 bridgehead atoms. The number of halogens is 2. The lowest BCUT2D eigenvalue weighted by Gasteiger charge is -2.12. The molecule has 2 aromatic rings. The van der Waals surface area contributed by atoms with Gasteiger partial charge in [0.25, 0.3) is 5.91 Å². The Labute approximate surface area is 148 Å². The zero-order chi connectivity index (χ0) is 18.4. The summed E-state index contributed by atoms with van der Waals surface area (Å²) in [6, 6.07) is 3.45. The number of unbranched alkanes of at least 4 members (excludes halogenated alkanes) is 1. The molecule has 1 N–H and O–H groups in total. The number of rotatable bonds is 7. The molecule has 0 aliphatic carbocycles. The third-order valence-electron chi connectivity index (χ3n) is 3.36. The Kier molecular flexibility index (Phi) is 6.58. The number of esters is 1. The van der Waals surface area contributed by atoms with Crippen LogP contribution >= 0.6 is 11.3 Å². The third-order valence-corrected chi connectivity index (χ3v) is 4.12. The van der Waals surface area contributed by atoms with E-state index in [0.717, 1.165) is 29.9 Å². The van der Waals surface area contributed by atoms with Crippen molar-refractivity contribution in [2.75, 3.05) is 5.32 Å². The highest BCUT2D eigenvalue weighted by molar-refractivity contribution is 7.14. The van der Waals surface area contributed by atoms with Crippen LogP contribution < -0.4 is 5.32 Å². The zero-order valence-electron chi connectivity index (χ0n) is 13.8. The third kappa shape index (κ3) is 5.32. The Morgan fingerprint density at radius 3 is 2.76 bits per heavy atom. The molecule has 0 unspecified atom stereocenters. The molecule has 1 heterocycles. The number of benzene rings is 1. The first kappa shape index (κ1) is 19.0. The smallest absolute Gasteiger partial charge is 0.306 e. The van der Waals surface area contributed by atoms with E-state index >= 15 is 0 Å². The minimum absolute atomic E-state index is 0.269. The van der Waals surface area contributed by atoms with Gasteiger partial charge in [-0.05, 0) is 31.5 Å². The largest absolute Gasteiger partial charge is 0.453 e. The van der Waals surface area contributed by atoms with Crippen molar-refractivity contribution in [1.29, 1.82) is 0 Å². The fourth-order valence-corrected chi connectivity index (χ4v) is 2.68. The van der Waals surface area contributed by atoms with Gasteiger partial charge in [-0.15, -0.1) is 11.3 Å². The molecule has 0 aliphatic rings. The minimum atomic E-state index is -0.969. The Hall–Kier alpha value is -2.35. The fraction of sp³-hybridized carbons (Fsp3) is 0.353. The van der Waals surface area contributed by atoms with Crippen molar-refractivity contribution in [2.45, 2.75) is 39.2 Å². The number of thiazole rings is 1. The van der Waals surface area contributed by atoms with Gasteiger partial charge in [0.2, 0.25) is 0 Å². The molecule has 1 atom stereocenters. The summed E-state index contributed by atoms with van der Waals surface area (Å²) >= 11 is 1.13. The molecule has 8 heteroatoms. The van der Waals surface area contributed by atoms with Gasteiger partial charge in [0, 0.05) is 17.4 Å². The SMILES string of the molecule is CCCCC(=O)O[C@H](C)C(=O)Nc1nc(-c2ccc(F)c(F)c2)cs1. The van der Waals surface area contributed by atoms with Crippen LogP contribution in [0.2, 0.25) is 0 Å². The second-order valence-corrected chi connectivity index (χ2v) is 6.25. The van der Waals surface area contributed by atoms with Crippen LogP contribution in [-0.4, -0.2) is 23.0 Å². The van der Waals surface area contributed by atoms with E-state index in [-0.39, 0.29) is 11.6 Å². The van der Waals surface area contributed by atoms with Crippen molar-refractivity contribution >= 4 is 28.3 Å². The molecular weight excluding hydrogens is 350 g/mol. The Bertz CT molecular complexity index is 764. The Morgan fingerprint density at radius 1 is 1.32 bits per heavy atom. The summed E-state index contributed by atoms with van der Waals surface area (Å²) in [5.74, 6) is -2.84. The monoisotopic (exact) mass is 368 g/mol. The summed E-state index contributed by atoms with van der Waals surface area (Å²) in [7, 11) is 0. The summed E-state index contributed by atoms with van der Waals surface area (Å²) in [6.07, 6.45) is 0.893. The van der Waals surface area contributed by atoms with Crippen LogP contribution in [0.25, 0.3) is 11.3 Å². The summed E-state index contributed by atoms with van der Waals surface area (Å²) in [6.45, 7) is 3.43. The quantitative estimate of drug-likeness (QED) is 0.746. The predicted molar refractivity (Wildman–Crippen MR) is 91.2 cm³/mol. The number of amides is 1. The van der Waals surface area contributed by atoms with E-state index in [0.29, 0.717) is 17.7 Å². The molecule has 0 fully saturated rings. The van der Waals surface area contributed by atoms with E-state index in [1.54, 1.807) is 5.38 Å². The fourth-order valence-electron chi connectivity index (χ4n) is 1.96. The van der Waals surface area contributed by atoms with Crippen LogP contribution in [0.15, 0.2) is 23.6 Å². The lowest BCUT2D eigenvalue weighted by molar-refractivity contribution is -0.153. The van der Waals surface area contributed by atoms with Gasteiger partial charge in [0.05, 0.1) is 5.69 Å². The number of carbonyl (C=O) groups excluding carboxylic acids is 2. The van der Waals surface area contributed by atoms with Crippen molar-refractivity contribution in [3.8, 4) is 11.3 Å². The van der Waals surface area contributed by atoms with E-state index < -0.39 is 29.6 Å². The van der Waals surface area contributed by atoms with Crippen LogP contribution in [0.1, 0.15) is 33.1 Å². The van der Waals surface area contributed by atoms with E-state index in [1.165, 1.54) is 13.0 Å². The molecule has 0 saturated heterocycles. The first-order valence-electron chi connectivity index (χ1n) is 7.82. The van der Waals surface area contributed by atoms with Gasteiger partial charge in [-0.3, -0.25) is 14.9 Å². The van der Waals surface area contributed by atoms with Gasteiger partial charge >= 0.3 is 5.97 Å². The summed E-state index contributed by atoms with van der Waals surface area (Å²) in [4.78, 5) is 27.7. The number of carbonyl (C=O) groups is 2. The summed E-state index contributed by atoms with van der Waals surface area (Å²) < 4.78 is 31.3. The predicted octanol–water partition coefficient (Wildman–Crippen LogP) is 4.15. The lowest BCUT2D eigenvalue weighted by Crippen LogP contribution is -2.29. The number of hydrogen-bond acceptors (Lipinski definition) is 5. The maximum absolute atomic E-state index is 13.3. The normalized spacial score (nSPS) is 11.8. The topological polar surface area (TPSA) is 68.3 Å². The number of nitrogens with zero attached hydrogens (tertiary/aromatic N) is 1.